The van der Waals surface area contributed by atoms with Gasteiger partial charge in [-0.15, -0.1) is 0 Å². The Kier molecular flexibility index (Phi) is 6.05. The predicted molar refractivity (Wildman–Crippen MR) is 83.8 cm³/mol. The first kappa shape index (κ1) is 15.5. The van der Waals surface area contributed by atoms with E-state index in [2.05, 4.69) is 48.1 Å². The molecule has 2 rings (SSSR count). The maximum absolute atomic E-state index is 4.77. The third-order valence-electron chi connectivity index (χ3n) is 4.09. The lowest BCUT2D eigenvalue weighted by molar-refractivity contribution is 0.304. The molecule has 0 radical (unpaired) electrons. The highest BCUT2D eigenvalue weighted by Gasteiger charge is 2.16. The highest BCUT2D eigenvalue weighted by Crippen LogP contribution is 2.27. The molecule has 1 aromatic rings. The van der Waals surface area contributed by atoms with E-state index in [1.165, 1.54) is 37.8 Å². The third kappa shape index (κ3) is 4.91. The standard InChI is InChI=1S/C16H30N4/c1-14(2)17-10-12-19(3)13-15-9-11-20(18-15)16-7-5-4-6-8-16/h9,11,14,16-17H,4-8,10,12-13H2,1-3H3. The van der Waals surface area contributed by atoms with Crippen molar-refractivity contribution in [3.05, 3.63) is 18.0 Å². The van der Waals surface area contributed by atoms with E-state index in [1.54, 1.807) is 0 Å². The van der Waals surface area contributed by atoms with Crippen LogP contribution in [0.25, 0.3) is 0 Å². The number of hydrogen-bond donors (Lipinski definition) is 1. The zero-order chi connectivity index (χ0) is 14.4. The van der Waals surface area contributed by atoms with Crippen LogP contribution in [0, 0.1) is 0 Å². The first-order valence-corrected chi connectivity index (χ1v) is 8.11. The Morgan fingerprint density at radius 3 is 2.80 bits per heavy atom. The first-order chi connectivity index (χ1) is 9.65. The van der Waals surface area contributed by atoms with E-state index in [9.17, 15) is 0 Å². The molecule has 1 fully saturated rings. The van der Waals surface area contributed by atoms with Gasteiger partial charge in [-0.1, -0.05) is 33.1 Å². The van der Waals surface area contributed by atoms with Crippen LogP contribution in [0.4, 0.5) is 0 Å². The fourth-order valence-electron chi connectivity index (χ4n) is 2.91. The van der Waals surface area contributed by atoms with Crippen LogP contribution >= 0.6 is 0 Å². The van der Waals surface area contributed by atoms with Crippen molar-refractivity contribution in [2.24, 2.45) is 0 Å². The second-order valence-corrected chi connectivity index (χ2v) is 6.43. The van der Waals surface area contributed by atoms with Gasteiger partial charge >= 0.3 is 0 Å². The van der Waals surface area contributed by atoms with E-state index in [0.29, 0.717) is 12.1 Å². The van der Waals surface area contributed by atoms with Crippen LogP contribution in [0.3, 0.4) is 0 Å². The molecule has 0 aliphatic heterocycles. The lowest BCUT2D eigenvalue weighted by atomic mass is 9.96. The van der Waals surface area contributed by atoms with Crippen molar-refractivity contribution in [1.29, 1.82) is 0 Å². The fourth-order valence-corrected chi connectivity index (χ4v) is 2.91. The van der Waals surface area contributed by atoms with E-state index in [-0.39, 0.29) is 0 Å². The van der Waals surface area contributed by atoms with Crippen molar-refractivity contribution in [2.45, 2.75) is 64.6 Å². The van der Waals surface area contributed by atoms with E-state index < -0.39 is 0 Å². The molecule has 0 atom stereocenters. The van der Waals surface area contributed by atoms with Crippen molar-refractivity contribution in [3.8, 4) is 0 Å². The van der Waals surface area contributed by atoms with Crippen LogP contribution in [0.15, 0.2) is 12.3 Å². The second-order valence-electron chi connectivity index (χ2n) is 6.43. The third-order valence-corrected chi connectivity index (χ3v) is 4.09. The molecule has 1 N–H and O–H groups in total. The molecule has 1 aliphatic rings. The van der Waals surface area contributed by atoms with Gasteiger partial charge in [0.1, 0.15) is 0 Å². The Labute approximate surface area is 123 Å². The van der Waals surface area contributed by atoms with Crippen molar-refractivity contribution < 1.29 is 0 Å². The summed E-state index contributed by atoms with van der Waals surface area (Å²) in [6.45, 7) is 7.42. The van der Waals surface area contributed by atoms with Gasteiger partial charge in [0.25, 0.3) is 0 Å². The quantitative estimate of drug-likeness (QED) is 0.832. The highest BCUT2D eigenvalue weighted by atomic mass is 15.3. The van der Waals surface area contributed by atoms with Crippen molar-refractivity contribution >= 4 is 0 Å². The number of nitrogens with zero attached hydrogens (tertiary/aromatic N) is 3. The molecule has 1 aromatic heterocycles. The molecule has 4 nitrogen and oxygen atoms in total. The molecule has 0 unspecified atom stereocenters. The second kappa shape index (κ2) is 7.79. The maximum Gasteiger partial charge on any atom is 0.0764 e. The van der Waals surface area contributed by atoms with Crippen LogP contribution < -0.4 is 5.32 Å². The maximum atomic E-state index is 4.77. The summed E-state index contributed by atoms with van der Waals surface area (Å²) in [5.74, 6) is 0. The Morgan fingerprint density at radius 2 is 2.10 bits per heavy atom. The van der Waals surface area contributed by atoms with Gasteiger partial charge in [-0.25, -0.2) is 0 Å². The normalized spacial score (nSPS) is 17.2. The number of rotatable bonds is 7. The predicted octanol–water partition coefficient (Wildman–Crippen LogP) is 2.82. The van der Waals surface area contributed by atoms with Crippen LogP contribution in [0.2, 0.25) is 0 Å². The van der Waals surface area contributed by atoms with Gasteiger partial charge in [0.2, 0.25) is 0 Å². The van der Waals surface area contributed by atoms with Crippen molar-refractivity contribution in [1.82, 2.24) is 20.0 Å². The zero-order valence-electron chi connectivity index (χ0n) is 13.3. The zero-order valence-corrected chi connectivity index (χ0v) is 13.3. The molecule has 1 aliphatic carbocycles. The summed E-state index contributed by atoms with van der Waals surface area (Å²) in [6.07, 6.45) is 8.90. The number of hydrogen-bond acceptors (Lipinski definition) is 3. The molecule has 114 valence electrons. The fraction of sp³-hybridized carbons (Fsp3) is 0.812. The van der Waals surface area contributed by atoms with Crippen molar-refractivity contribution in [2.75, 3.05) is 20.1 Å². The van der Waals surface area contributed by atoms with E-state index >= 15 is 0 Å². The first-order valence-electron chi connectivity index (χ1n) is 8.11. The molecule has 1 heterocycles. The minimum absolute atomic E-state index is 0.564. The van der Waals surface area contributed by atoms with Gasteiger partial charge < -0.3 is 5.32 Å². The van der Waals surface area contributed by atoms with Gasteiger partial charge in [0.05, 0.1) is 11.7 Å². The molecule has 4 heteroatoms. The summed E-state index contributed by atoms with van der Waals surface area (Å²) in [6, 6.07) is 3.39. The molecular weight excluding hydrogens is 248 g/mol. The van der Waals surface area contributed by atoms with Gasteiger partial charge in [-0.3, -0.25) is 9.58 Å². The molecular formula is C16H30N4. The molecule has 0 saturated heterocycles. The van der Waals surface area contributed by atoms with Crippen LogP contribution in [-0.4, -0.2) is 40.9 Å². The van der Waals surface area contributed by atoms with Crippen LogP contribution in [-0.2, 0) is 6.54 Å². The van der Waals surface area contributed by atoms with Gasteiger partial charge in [0.15, 0.2) is 0 Å². The monoisotopic (exact) mass is 278 g/mol. The Balaban J connectivity index is 1.76. The number of nitrogens with one attached hydrogen (secondary N) is 1. The van der Waals surface area contributed by atoms with Gasteiger partial charge in [-0.05, 0) is 26.0 Å². The van der Waals surface area contributed by atoms with Gasteiger partial charge in [-0.2, -0.15) is 5.10 Å². The summed E-state index contributed by atoms with van der Waals surface area (Å²) >= 11 is 0. The van der Waals surface area contributed by atoms with E-state index in [4.69, 9.17) is 5.10 Å². The largest absolute Gasteiger partial charge is 0.313 e. The van der Waals surface area contributed by atoms with E-state index in [0.717, 1.165) is 19.6 Å². The molecule has 20 heavy (non-hydrogen) atoms. The molecule has 1 saturated carbocycles. The number of aromatic nitrogens is 2. The minimum atomic E-state index is 0.564. The number of likely N-dealkylation sites (N-methyl/N-ethyl adjacent to an activating group) is 1. The summed E-state index contributed by atoms with van der Waals surface area (Å²) in [5.41, 5.74) is 1.20. The Morgan fingerprint density at radius 1 is 1.35 bits per heavy atom. The highest BCUT2D eigenvalue weighted by molar-refractivity contribution is 5.00. The molecule has 0 aromatic carbocycles. The lowest BCUT2D eigenvalue weighted by Gasteiger charge is -2.22. The Bertz CT molecular complexity index is 380. The van der Waals surface area contributed by atoms with Crippen molar-refractivity contribution in [3.63, 3.8) is 0 Å². The summed E-state index contributed by atoms with van der Waals surface area (Å²) in [5, 5.41) is 8.22. The summed E-state index contributed by atoms with van der Waals surface area (Å²) in [4.78, 5) is 2.34. The topological polar surface area (TPSA) is 33.1 Å². The Hall–Kier alpha value is -0.870. The summed E-state index contributed by atoms with van der Waals surface area (Å²) in [7, 11) is 2.17. The average molecular weight is 278 g/mol. The molecule has 0 spiro atoms. The van der Waals surface area contributed by atoms with Crippen LogP contribution in [0.5, 0.6) is 0 Å². The smallest absolute Gasteiger partial charge is 0.0764 e. The van der Waals surface area contributed by atoms with E-state index in [1.807, 2.05) is 0 Å². The molecule has 0 bridgehead atoms. The summed E-state index contributed by atoms with van der Waals surface area (Å²) < 4.78 is 2.20. The lowest BCUT2D eigenvalue weighted by Crippen LogP contribution is -2.32. The average Bonchev–Trinajstić information content (AvgIpc) is 2.88. The minimum Gasteiger partial charge on any atom is -0.313 e. The SMILES string of the molecule is CC(C)NCCN(C)Cc1ccn(C2CCCCC2)n1. The molecule has 0 amide bonds. The van der Waals surface area contributed by atoms with Crippen LogP contribution in [0.1, 0.15) is 57.7 Å². The van der Waals surface area contributed by atoms with Gasteiger partial charge in [0, 0.05) is 31.9 Å².